The molecule has 1 aromatic carbocycles. The lowest BCUT2D eigenvalue weighted by molar-refractivity contribution is 1.07. The Balaban J connectivity index is 2.52. The molecule has 0 amide bonds. The number of halogens is 2. The summed E-state index contributed by atoms with van der Waals surface area (Å²) in [6.45, 7) is 2.06. The molecule has 0 saturated carbocycles. The zero-order valence-electron chi connectivity index (χ0n) is 7.29. The van der Waals surface area contributed by atoms with Gasteiger partial charge in [0.15, 0.2) is 3.92 Å². The summed E-state index contributed by atoms with van der Waals surface area (Å²) in [6, 6.07) is 6.19. The highest BCUT2D eigenvalue weighted by Gasteiger charge is 2.08. The molecule has 0 spiro atoms. The zero-order chi connectivity index (χ0) is 10.1. The van der Waals surface area contributed by atoms with Crippen LogP contribution >= 0.6 is 43.2 Å². The van der Waals surface area contributed by atoms with Gasteiger partial charge in [0.25, 0.3) is 0 Å². The molecular weight excluding hydrogens is 328 g/mol. The number of nitrogens with zero attached hydrogens (tertiary/aromatic N) is 2. The summed E-state index contributed by atoms with van der Waals surface area (Å²) < 4.78 is 1.86. The maximum absolute atomic E-state index is 4.07. The van der Waals surface area contributed by atoms with Crippen LogP contribution in [0.15, 0.2) is 26.6 Å². The van der Waals surface area contributed by atoms with E-state index in [0.29, 0.717) is 0 Å². The maximum atomic E-state index is 4.07. The quantitative estimate of drug-likeness (QED) is 0.787. The summed E-state index contributed by atoms with van der Waals surface area (Å²) in [5.41, 5.74) is 2.31. The summed E-state index contributed by atoms with van der Waals surface area (Å²) in [6.07, 6.45) is 0. The first-order valence-electron chi connectivity index (χ1n) is 3.92. The fraction of sp³-hybridized carbons (Fsp3) is 0.111. The fourth-order valence-corrected chi connectivity index (χ4v) is 3.07. The Morgan fingerprint density at radius 1 is 1.21 bits per heavy atom. The van der Waals surface area contributed by atoms with Crippen molar-refractivity contribution in [3.8, 4) is 10.6 Å². The molecule has 5 heteroatoms. The fourth-order valence-electron chi connectivity index (χ4n) is 1.11. The van der Waals surface area contributed by atoms with E-state index in [9.17, 15) is 0 Å². The smallest absolute Gasteiger partial charge is 0.137 e. The van der Waals surface area contributed by atoms with Crippen molar-refractivity contribution < 1.29 is 0 Å². The van der Waals surface area contributed by atoms with Crippen LogP contribution in [0.5, 0.6) is 0 Å². The van der Waals surface area contributed by atoms with Crippen LogP contribution < -0.4 is 0 Å². The van der Waals surface area contributed by atoms with Crippen LogP contribution in [-0.2, 0) is 0 Å². The van der Waals surface area contributed by atoms with E-state index in [1.807, 2.05) is 6.07 Å². The van der Waals surface area contributed by atoms with Gasteiger partial charge in [-0.3, -0.25) is 0 Å². The van der Waals surface area contributed by atoms with E-state index in [0.717, 1.165) is 19.0 Å². The number of hydrogen-bond acceptors (Lipinski definition) is 3. The van der Waals surface area contributed by atoms with Gasteiger partial charge in [0.05, 0.1) is 0 Å². The molecule has 0 bridgehead atoms. The van der Waals surface area contributed by atoms with E-state index in [1.165, 1.54) is 16.9 Å². The van der Waals surface area contributed by atoms with Gasteiger partial charge in [-0.2, -0.15) is 0 Å². The van der Waals surface area contributed by atoms with Gasteiger partial charge in [0, 0.05) is 10.0 Å². The highest BCUT2D eigenvalue weighted by atomic mass is 79.9. The van der Waals surface area contributed by atoms with Crippen molar-refractivity contribution in [2.24, 2.45) is 0 Å². The molecular formula is C9H6Br2N2S. The molecule has 0 atom stereocenters. The lowest BCUT2D eigenvalue weighted by atomic mass is 10.2. The van der Waals surface area contributed by atoms with Crippen LogP contribution in [0.2, 0.25) is 0 Å². The van der Waals surface area contributed by atoms with Gasteiger partial charge < -0.3 is 0 Å². The first-order valence-corrected chi connectivity index (χ1v) is 6.32. The molecule has 2 aromatic rings. The zero-order valence-corrected chi connectivity index (χ0v) is 11.3. The molecule has 0 N–H and O–H groups in total. The summed E-state index contributed by atoms with van der Waals surface area (Å²) >= 11 is 8.34. The predicted octanol–water partition coefficient (Wildman–Crippen LogP) is 4.04. The Hall–Kier alpha value is -0.260. The van der Waals surface area contributed by atoms with Crippen LogP contribution in [0.3, 0.4) is 0 Å². The van der Waals surface area contributed by atoms with Crippen molar-refractivity contribution in [2.75, 3.05) is 0 Å². The highest BCUT2D eigenvalue weighted by molar-refractivity contribution is 9.11. The second-order valence-electron chi connectivity index (χ2n) is 2.84. The normalized spacial score (nSPS) is 10.5. The average Bonchev–Trinajstić information content (AvgIpc) is 2.51. The first kappa shape index (κ1) is 10.3. The molecule has 0 unspecified atom stereocenters. The lowest BCUT2D eigenvalue weighted by Crippen LogP contribution is -1.80. The van der Waals surface area contributed by atoms with Crippen LogP contribution in [0, 0.1) is 6.92 Å². The van der Waals surface area contributed by atoms with E-state index >= 15 is 0 Å². The monoisotopic (exact) mass is 332 g/mol. The van der Waals surface area contributed by atoms with Crippen LogP contribution in [0.25, 0.3) is 10.6 Å². The Morgan fingerprint density at radius 3 is 2.57 bits per heavy atom. The first-order chi connectivity index (χ1) is 6.66. The molecule has 2 nitrogen and oxygen atoms in total. The molecule has 0 fully saturated rings. The second-order valence-corrected chi connectivity index (χ2v) is 5.95. The third kappa shape index (κ3) is 2.04. The molecule has 14 heavy (non-hydrogen) atoms. The van der Waals surface area contributed by atoms with Gasteiger partial charge in [-0.15, -0.1) is 10.2 Å². The SMILES string of the molecule is Cc1ccc(-c2nnc(Br)s2)c(Br)c1. The highest BCUT2D eigenvalue weighted by Crippen LogP contribution is 2.32. The molecule has 1 heterocycles. The summed E-state index contributed by atoms with van der Waals surface area (Å²) in [4.78, 5) is 0. The standard InChI is InChI=1S/C9H6Br2N2S/c1-5-2-3-6(7(10)4-5)8-12-13-9(11)14-8/h2-4H,1H3. The van der Waals surface area contributed by atoms with Crippen LogP contribution in [0.1, 0.15) is 5.56 Å². The molecule has 0 aliphatic rings. The Morgan fingerprint density at radius 2 is 2.00 bits per heavy atom. The van der Waals surface area contributed by atoms with Crippen LogP contribution in [0.4, 0.5) is 0 Å². The summed E-state index contributed by atoms with van der Waals surface area (Å²) in [5.74, 6) is 0. The largest absolute Gasteiger partial charge is 0.183 e. The van der Waals surface area contributed by atoms with E-state index < -0.39 is 0 Å². The maximum Gasteiger partial charge on any atom is 0.183 e. The van der Waals surface area contributed by atoms with Gasteiger partial charge in [0.2, 0.25) is 0 Å². The summed E-state index contributed by atoms with van der Waals surface area (Å²) in [7, 11) is 0. The van der Waals surface area contributed by atoms with Crippen molar-refractivity contribution >= 4 is 43.2 Å². The third-order valence-electron chi connectivity index (χ3n) is 1.76. The molecule has 0 aliphatic heterocycles. The van der Waals surface area contributed by atoms with Crippen molar-refractivity contribution in [1.82, 2.24) is 10.2 Å². The summed E-state index contributed by atoms with van der Waals surface area (Å²) in [5, 5.41) is 8.91. The number of aromatic nitrogens is 2. The molecule has 0 aliphatic carbocycles. The second kappa shape index (κ2) is 4.08. The van der Waals surface area contributed by atoms with Crippen molar-refractivity contribution in [1.29, 1.82) is 0 Å². The van der Waals surface area contributed by atoms with Crippen molar-refractivity contribution in [3.05, 3.63) is 32.2 Å². The Bertz CT molecular complexity index is 468. The predicted molar refractivity (Wildman–Crippen MR) is 65.5 cm³/mol. The minimum absolute atomic E-state index is 0.806. The Kier molecular flexibility index (Phi) is 2.99. The van der Waals surface area contributed by atoms with Gasteiger partial charge >= 0.3 is 0 Å². The van der Waals surface area contributed by atoms with E-state index in [2.05, 4.69) is 61.1 Å². The molecule has 2 rings (SSSR count). The van der Waals surface area contributed by atoms with Gasteiger partial charge in [0.1, 0.15) is 5.01 Å². The molecule has 0 radical (unpaired) electrons. The third-order valence-corrected chi connectivity index (χ3v) is 3.80. The number of hydrogen-bond donors (Lipinski definition) is 0. The van der Waals surface area contributed by atoms with Crippen LogP contribution in [-0.4, -0.2) is 10.2 Å². The topological polar surface area (TPSA) is 25.8 Å². The van der Waals surface area contributed by atoms with E-state index in [1.54, 1.807) is 0 Å². The van der Waals surface area contributed by atoms with Crippen molar-refractivity contribution in [3.63, 3.8) is 0 Å². The van der Waals surface area contributed by atoms with E-state index in [-0.39, 0.29) is 0 Å². The minimum atomic E-state index is 0.806. The number of rotatable bonds is 1. The number of benzene rings is 1. The average molecular weight is 334 g/mol. The van der Waals surface area contributed by atoms with E-state index in [4.69, 9.17) is 0 Å². The lowest BCUT2D eigenvalue weighted by Gasteiger charge is -2.00. The van der Waals surface area contributed by atoms with Gasteiger partial charge in [-0.05, 0) is 34.5 Å². The Labute approximate surface area is 103 Å². The molecule has 1 aromatic heterocycles. The van der Waals surface area contributed by atoms with Crippen molar-refractivity contribution in [2.45, 2.75) is 6.92 Å². The molecule has 72 valence electrons. The minimum Gasteiger partial charge on any atom is -0.137 e. The van der Waals surface area contributed by atoms with Gasteiger partial charge in [-0.25, -0.2) is 0 Å². The number of aryl methyl sites for hydroxylation is 1. The van der Waals surface area contributed by atoms with Gasteiger partial charge in [-0.1, -0.05) is 39.4 Å². The molecule has 0 saturated heterocycles.